The molecule has 2 aromatic rings. The molecule has 0 atom stereocenters. The zero-order chi connectivity index (χ0) is 14.4. The van der Waals surface area contributed by atoms with Gasteiger partial charge in [-0.2, -0.15) is 0 Å². The molecule has 0 aliphatic heterocycles. The van der Waals surface area contributed by atoms with Crippen LogP contribution in [-0.4, -0.2) is 13.0 Å². The van der Waals surface area contributed by atoms with Crippen molar-refractivity contribution in [2.75, 3.05) is 18.2 Å². The van der Waals surface area contributed by atoms with Crippen molar-refractivity contribution in [3.63, 3.8) is 0 Å². The minimum absolute atomic E-state index is 0.225. The van der Waals surface area contributed by atoms with Gasteiger partial charge in [0.15, 0.2) is 0 Å². The molecule has 4 heteroatoms. The number of carbonyl (C=O) groups excluding carboxylic acids is 1. The SMILES string of the molecule is COc1ccccc1NC(=O)/C=C/c1cccc(N)c1. The fourth-order valence-electron chi connectivity index (χ4n) is 1.76. The lowest BCUT2D eigenvalue weighted by molar-refractivity contribution is -0.111. The average Bonchev–Trinajstić information content (AvgIpc) is 2.46. The zero-order valence-electron chi connectivity index (χ0n) is 11.2. The topological polar surface area (TPSA) is 64.3 Å². The fourth-order valence-corrected chi connectivity index (χ4v) is 1.76. The van der Waals surface area contributed by atoms with Crippen molar-refractivity contribution in [3.8, 4) is 5.75 Å². The summed E-state index contributed by atoms with van der Waals surface area (Å²) in [5.41, 5.74) is 7.85. The first kappa shape index (κ1) is 13.7. The maximum Gasteiger partial charge on any atom is 0.248 e. The van der Waals surface area contributed by atoms with E-state index in [1.165, 1.54) is 6.08 Å². The van der Waals surface area contributed by atoms with Crippen molar-refractivity contribution < 1.29 is 9.53 Å². The predicted octanol–water partition coefficient (Wildman–Crippen LogP) is 2.93. The Balaban J connectivity index is 2.06. The van der Waals surface area contributed by atoms with Crippen LogP contribution >= 0.6 is 0 Å². The van der Waals surface area contributed by atoms with E-state index in [-0.39, 0.29) is 5.91 Å². The second-order valence-corrected chi connectivity index (χ2v) is 4.19. The largest absolute Gasteiger partial charge is 0.495 e. The number of carbonyl (C=O) groups is 1. The third-order valence-electron chi connectivity index (χ3n) is 2.70. The monoisotopic (exact) mass is 268 g/mol. The molecule has 0 spiro atoms. The van der Waals surface area contributed by atoms with Crippen molar-refractivity contribution in [1.82, 2.24) is 0 Å². The van der Waals surface area contributed by atoms with Crippen LogP contribution in [0, 0.1) is 0 Å². The quantitative estimate of drug-likeness (QED) is 0.662. The molecule has 0 aliphatic carbocycles. The van der Waals surface area contributed by atoms with Crippen molar-refractivity contribution in [1.29, 1.82) is 0 Å². The molecule has 4 nitrogen and oxygen atoms in total. The van der Waals surface area contributed by atoms with Gasteiger partial charge in [0.2, 0.25) is 5.91 Å². The van der Waals surface area contributed by atoms with Crippen molar-refractivity contribution in [2.45, 2.75) is 0 Å². The van der Waals surface area contributed by atoms with Crippen LogP contribution in [0.1, 0.15) is 5.56 Å². The summed E-state index contributed by atoms with van der Waals surface area (Å²) in [7, 11) is 1.56. The normalized spacial score (nSPS) is 10.4. The molecule has 2 aromatic carbocycles. The Bertz CT molecular complexity index is 636. The smallest absolute Gasteiger partial charge is 0.248 e. The zero-order valence-corrected chi connectivity index (χ0v) is 11.2. The van der Waals surface area contributed by atoms with E-state index in [4.69, 9.17) is 10.5 Å². The lowest BCUT2D eigenvalue weighted by Gasteiger charge is -2.07. The third kappa shape index (κ3) is 3.62. The van der Waals surface area contributed by atoms with Crippen LogP contribution in [0.2, 0.25) is 0 Å². The maximum atomic E-state index is 11.9. The maximum absolute atomic E-state index is 11.9. The van der Waals surface area contributed by atoms with E-state index >= 15 is 0 Å². The Morgan fingerprint density at radius 2 is 2.00 bits per heavy atom. The molecule has 102 valence electrons. The molecule has 2 rings (SSSR count). The van der Waals surface area contributed by atoms with E-state index in [1.54, 1.807) is 37.5 Å². The minimum Gasteiger partial charge on any atom is -0.495 e. The summed E-state index contributed by atoms with van der Waals surface area (Å²) in [5.74, 6) is 0.398. The second kappa shape index (κ2) is 6.43. The summed E-state index contributed by atoms with van der Waals surface area (Å²) in [4.78, 5) is 11.9. The molecule has 0 fully saturated rings. The lowest BCUT2D eigenvalue weighted by atomic mass is 10.2. The van der Waals surface area contributed by atoms with Crippen LogP contribution in [0.4, 0.5) is 11.4 Å². The van der Waals surface area contributed by atoms with Gasteiger partial charge >= 0.3 is 0 Å². The standard InChI is InChI=1S/C16H16N2O2/c1-20-15-8-3-2-7-14(15)18-16(19)10-9-12-5-4-6-13(17)11-12/h2-11H,17H2,1H3,(H,18,19)/b10-9+. The van der Waals surface area contributed by atoms with Crippen LogP contribution in [0.25, 0.3) is 6.08 Å². The van der Waals surface area contributed by atoms with Gasteiger partial charge in [-0.3, -0.25) is 4.79 Å². The number of nitrogens with two attached hydrogens (primary N) is 1. The number of para-hydroxylation sites is 2. The predicted molar refractivity (Wildman–Crippen MR) is 81.5 cm³/mol. The summed E-state index contributed by atoms with van der Waals surface area (Å²) in [5, 5.41) is 2.76. The van der Waals surface area contributed by atoms with Crippen LogP contribution in [-0.2, 0) is 4.79 Å². The van der Waals surface area contributed by atoms with Crippen LogP contribution in [0.3, 0.4) is 0 Å². The van der Waals surface area contributed by atoms with Gasteiger partial charge in [-0.15, -0.1) is 0 Å². The van der Waals surface area contributed by atoms with E-state index in [0.717, 1.165) is 5.56 Å². The first-order valence-electron chi connectivity index (χ1n) is 6.16. The molecule has 1 amide bonds. The molecule has 0 unspecified atom stereocenters. The number of amides is 1. The highest BCUT2D eigenvalue weighted by Gasteiger charge is 2.03. The van der Waals surface area contributed by atoms with Crippen LogP contribution < -0.4 is 15.8 Å². The van der Waals surface area contributed by atoms with Gasteiger partial charge in [-0.25, -0.2) is 0 Å². The fraction of sp³-hybridized carbons (Fsp3) is 0.0625. The number of nitrogen functional groups attached to an aromatic ring is 1. The lowest BCUT2D eigenvalue weighted by Crippen LogP contribution is -2.08. The molecular weight excluding hydrogens is 252 g/mol. The molecule has 0 aromatic heterocycles. The van der Waals surface area contributed by atoms with E-state index in [9.17, 15) is 4.79 Å². The summed E-state index contributed by atoms with van der Waals surface area (Å²) < 4.78 is 5.17. The van der Waals surface area contributed by atoms with E-state index in [2.05, 4.69) is 5.32 Å². The van der Waals surface area contributed by atoms with Gasteiger partial charge in [-0.05, 0) is 35.9 Å². The number of hydrogen-bond donors (Lipinski definition) is 2. The number of benzene rings is 2. The van der Waals surface area contributed by atoms with E-state index < -0.39 is 0 Å². The highest BCUT2D eigenvalue weighted by molar-refractivity contribution is 6.02. The van der Waals surface area contributed by atoms with Crippen molar-refractivity contribution in [2.24, 2.45) is 0 Å². The van der Waals surface area contributed by atoms with Crippen LogP contribution in [0.15, 0.2) is 54.6 Å². The average molecular weight is 268 g/mol. The molecule has 3 N–H and O–H groups in total. The number of rotatable bonds is 4. The Hall–Kier alpha value is -2.75. The third-order valence-corrected chi connectivity index (χ3v) is 2.70. The summed E-state index contributed by atoms with van der Waals surface area (Å²) in [6.45, 7) is 0. The van der Waals surface area contributed by atoms with Gasteiger partial charge in [0, 0.05) is 11.8 Å². The van der Waals surface area contributed by atoms with E-state index in [1.807, 2.05) is 24.3 Å². The van der Waals surface area contributed by atoms with Crippen molar-refractivity contribution >= 4 is 23.4 Å². The molecule has 0 radical (unpaired) electrons. The number of nitrogens with one attached hydrogen (secondary N) is 1. The molecule has 0 saturated carbocycles. The van der Waals surface area contributed by atoms with Gasteiger partial charge in [0.1, 0.15) is 5.75 Å². The molecule has 0 bridgehead atoms. The Morgan fingerprint density at radius 1 is 1.20 bits per heavy atom. The molecule has 0 saturated heterocycles. The number of ether oxygens (including phenoxy) is 1. The van der Waals surface area contributed by atoms with Gasteiger partial charge in [0.25, 0.3) is 0 Å². The second-order valence-electron chi connectivity index (χ2n) is 4.19. The number of methoxy groups -OCH3 is 1. The highest BCUT2D eigenvalue weighted by Crippen LogP contribution is 2.22. The first-order chi connectivity index (χ1) is 9.69. The van der Waals surface area contributed by atoms with Gasteiger partial charge < -0.3 is 15.8 Å². The minimum atomic E-state index is -0.225. The highest BCUT2D eigenvalue weighted by atomic mass is 16.5. The molecule has 20 heavy (non-hydrogen) atoms. The summed E-state index contributed by atoms with van der Waals surface area (Å²) in [6.07, 6.45) is 3.17. The van der Waals surface area contributed by atoms with Gasteiger partial charge in [-0.1, -0.05) is 24.3 Å². The number of hydrogen-bond acceptors (Lipinski definition) is 3. The first-order valence-corrected chi connectivity index (χ1v) is 6.16. The Morgan fingerprint density at radius 3 is 2.75 bits per heavy atom. The molecular formula is C16H16N2O2. The molecule has 0 aliphatic rings. The van der Waals surface area contributed by atoms with E-state index in [0.29, 0.717) is 17.1 Å². The van der Waals surface area contributed by atoms with Crippen molar-refractivity contribution in [3.05, 3.63) is 60.2 Å². The van der Waals surface area contributed by atoms with Crippen LogP contribution in [0.5, 0.6) is 5.75 Å². The Labute approximate surface area is 117 Å². The number of anilines is 2. The van der Waals surface area contributed by atoms with Gasteiger partial charge in [0.05, 0.1) is 12.8 Å². The Kier molecular flexibility index (Phi) is 4.39. The summed E-state index contributed by atoms with van der Waals surface area (Å²) >= 11 is 0. The molecule has 0 heterocycles. The summed E-state index contributed by atoms with van der Waals surface area (Å²) in [6, 6.07) is 14.6.